The smallest absolute Gasteiger partial charge is 0.339 e. The molecule has 3 aromatic carbocycles. The van der Waals surface area contributed by atoms with Gasteiger partial charge in [-0.1, -0.05) is 54.6 Å². The Morgan fingerprint density at radius 1 is 0.656 bits per heavy atom. The van der Waals surface area contributed by atoms with E-state index in [4.69, 9.17) is 9.47 Å². The lowest BCUT2D eigenvalue weighted by Crippen LogP contribution is -2.37. The molecule has 1 aliphatic heterocycles. The van der Waals surface area contributed by atoms with Gasteiger partial charge in [0.15, 0.2) is 0 Å². The molecule has 1 aliphatic rings. The summed E-state index contributed by atoms with van der Waals surface area (Å²) in [6, 6.07) is 22.9. The number of esters is 2. The molecule has 7 heteroatoms. The van der Waals surface area contributed by atoms with Crippen LogP contribution in [0.4, 0.5) is 5.69 Å². The quantitative estimate of drug-likeness (QED) is 0.457. The molecule has 0 saturated carbocycles. The molecule has 0 bridgehead atoms. The fourth-order valence-electron chi connectivity index (χ4n) is 3.41. The maximum Gasteiger partial charge on any atom is 0.339 e. The number of imide groups is 1. The zero-order valence-corrected chi connectivity index (χ0v) is 17.1. The first-order valence-electron chi connectivity index (χ1n) is 9.93. The van der Waals surface area contributed by atoms with E-state index in [9.17, 15) is 19.2 Å². The maximum atomic E-state index is 13.2. The topological polar surface area (TPSA) is 90.0 Å². The molecule has 1 fully saturated rings. The van der Waals surface area contributed by atoms with Gasteiger partial charge in [0, 0.05) is 0 Å². The second kappa shape index (κ2) is 8.85. The molecule has 2 amide bonds. The SMILES string of the molecule is Cc1ccccc1N1C(=O)[C@@H](OC(=O)c2ccccc2)[C@H](OC(=O)c2ccccc2)C1=O. The van der Waals surface area contributed by atoms with Crippen molar-refractivity contribution in [3.8, 4) is 0 Å². The molecular formula is C25H19NO6. The third kappa shape index (κ3) is 4.00. The first-order valence-corrected chi connectivity index (χ1v) is 9.93. The van der Waals surface area contributed by atoms with Gasteiger partial charge in [-0.3, -0.25) is 9.59 Å². The monoisotopic (exact) mass is 429 g/mol. The van der Waals surface area contributed by atoms with Crippen molar-refractivity contribution in [1.29, 1.82) is 0 Å². The van der Waals surface area contributed by atoms with E-state index in [0.29, 0.717) is 11.3 Å². The number of benzene rings is 3. The van der Waals surface area contributed by atoms with Gasteiger partial charge in [0.05, 0.1) is 16.8 Å². The molecule has 1 saturated heterocycles. The van der Waals surface area contributed by atoms with Gasteiger partial charge in [0.2, 0.25) is 12.2 Å². The van der Waals surface area contributed by atoms with E-state index >= 15 is 0 Å². The van der Waals surface area contributed by atoms with Crippen LogP contribution >= 0.6 is 0 Å². The molecule has 0 aliphatic carbocycles. The summed E-state index contributed by atoms with van der Waals surface area (Å²) < 4.78 is 10.8. The Morgan fingerprint density at radius 2 is 1.06 bits per heavy atom. The van der Waals surface area contributed by atoms with Crippen LogP contribution in [-0.2, 0) is 19.1 Å². The van der Waals surface area contributed by atoms with Gasteiger partial charge in [-0.05, 0) is 42.8 Å². The van der Waals surface area contributed by atoms with Crippen molar-refractivity contribution in [3.05, 3.63) is 102 Å². The van der Waals surface area contributed by atoms with Crippen LogP contribution in [-0.4, -0.2) is 36.0 Å². The molecule has 7 nitrogen and oxygen atoms in total. The molecule has 0 unspecified atom stereocenters. The number of carbonyl (C=O) groups excluding carboxylic acids is 4. The summed E-state index contributed by atoms with van der Waals surface area (Å²) in [5.41, 5.74) is 1.41. The minimum Gasteiger partial charge on any atom is -0.444 e. The summed E-state index contributed by atoms with van der Waals surface area (Å²) in [7, 11) is 0. The van der Waals surface area contributed by atoms with Crippen molar-refractivity contribution >= 4 is 29.4 Å². The van der Waals surface area contributed by atoms with Gasteiger partial charge in [-0.25, -0.2) is 14.5 Å². The Morgan fingerprint density at radius 3 is 1.50 bits per heavy atom. The van der Waals surface area contributed by atoms with Crippen molar-refractivity contribution < 1.29 is 28.7 Å². The highest BCUT2D eigenvalue weighted by Gasteiger charge is 2.53. The van der Waals surface area contributed by atoms with Crippen LogP contribution < -0.4 is 4.90 Å². The van der Waals surface area contributed by atoms with Crippen LogP contribution in [0.15, 0.2) is 84.9 Å². The van der Waals surface area contributed by atoms with E-state index in [2.05, 4.69) is 0 Å². The first-order chi connectivity index (χ1) is 15.5. The summed E-state index contributed by atoms with van der Waals surface area (Å²) in [5, 5.41) is 0. The summed E-state index contributed by atoms with van der Waals surface area (Å²) in [5.74, 6) is -3.16. The fourth-order valence-corrected chi connectivity index (χ4v) is 3.41. The van der Waals surface area contributed by atoms with Gasteiger partial charge < -0.3 is 9.47 Å². The van der Waals surface area contributed by atoms with E-state index in [1.165, 1.54) is 24.3 Å². The standard InChI is InChI=1S/C25H19NO6/c1-16-10-8-9-15-19(16)26-22(27)20(31-24(29)17-11-4-2-5-12-17)21(23(26)28)32-25(30)18-13-6-3-7-14-18/h2-15,20-21H,1H3/t20-,21-/m0/s1. The molecule has 0 aromatic heterocycles. The molecule has 4 rings (SSSR count). The first kappa shape index (κ1) is 21.0. The highest BCUT2D eigenvalue weighted by Crippen LogP contribution is 2.30. The van der Waals surface area contributed by atoms with Gasteiger partial charge in [-0.2, -0.15) is 0 Å². The molecule has 0 radical (unpaired) electrons. The summed E-state index contributed by atoms with van der Waals surface area (Å²) in [4.78, 5) is 52.5. The highest BCUT2D eigenvalue weighted by atomic mass is 16.6. The van der Waals surface area contributed by atoms with Crippen LogP contribution in [0.25, 0.3) is 0 Å². The van der Waals surface area contributed by atoms with Crippen molar-refractivity contribution in [1.82, 2.24) is 0 Å². The van der Waals surface area contributed by atoms with Crippen molar-refractivity contribution in [2.24, 2.45) is 0 Å². The third-order valence-electron chi connectivity index (χ3n) is 5.05. The zero-order valence-electron chi connectivity index (χ0n) is 17.1. The van der Waals surface area contributed by atoms with Crippen molar-refractivity contribution in [2.45, 2.75) is 19.1 Å². The Bertz CT molecular complexity index is 1100. The average Bonchev–Trinajstić information content (AvgIpc) is 3.04. The second-order valence-corrected chi connectivity index (χ2v) is 7.18. The van der Waals surface area contributed by atoms with Crippen LogP contribution in [0.5, 0.6) is 0 Å². The van der Waals surface area contributed by atoms with Crippen molar-refractivity contribution in [3.63, 3.8) is 0 Å². The van der Waals surface area contributed by atoms with Gasteiger partial charge >= 0.3 is 11.9 Å². The molecule has 2 atom stereocenters. The van der Waals surface area contributed by atoms with Gasteiger partial charge in [0.25, 0.3) is 11.8 Å². The largest absolute Gasteiger partial charge is 0.444 e. The number of aryl methyl sites for hydroxylation is 1. The normalized spacial score (nSPS) is 17.8. The Balaban J connectivity index is 1.67. The third-order valence-corrected chi connectivity index (χ3v) is 5.05. The zero-order chi connectivity index (χ0) is 22.7. The lowest BCUT2D eigenvalue weighted by atomic mass is 10.2. The predicted molar refractivity (Wildman–Crippen MR) is 115 cm³/mol. The molecule has 0 spiro atoms. The fraction of sp³-hybridized carbons (Fsp3) is 0.120. The van der Waals surface area contributed by atoms with Crippen LogP contribution in [0.1, 0.15) is 26.3 Å². The number of anilines is 1. The highest BCUT2D eigenvalue weighted by molar-refractivity contribution is 6.25. The summed E-state index contributed by atoms with van der Waals surface area (Å²) in [6.45, 7) is 1.74. The molecule has 32 heavy (non-hydrogen) atoms. The number of nitrogens with zero attached hydrogens (tertiary/aromatic N) is 1. The summed E-state index contributed by atoms with van der Waals surface area (Å²) in [6.07, 6.45) is -3.22. The van der Waals surface area contributed by atoms with E-state index < -0.39 is 36.0 Å². The lowest BCUT2D eigenvalue weighted by molar-refractivity contribution is -0.130. The van der Waals surface area contributed by atoms with Crippen molar-refractivity contribution in [2.75, 3.05) is 4.90 Å². The van der Waals surface area contributed by atoms with Gasteiger partial charge in [-0.15, -0.1) is 0 Å². The Hall–Kier alpha value is -4.26. The second-order valence-electron chi connectivity index (χ2n) is 7.18. The average molecular weight is 429 g/mol. The predicted octanol–water partition coefficient (Wildman–Crippen LogP) is 3.32. The summed E-state index contributed by atoms with van der Waals surface area (Å²) >= 11 is 0. The minimum absolute atomic E-state index is 0.204. The van der Waals surface area contributed by atoms with E-state index in [1.807, 2.05) is 0 Å². The van der Waals surface area contributed by atoms with Gasteiger partial charge in [0.1, 0.15) is 0 Å². The number of rotatable bonds is 5. The van der Waals surface area contributed by atoms with E-state index in [0.717, 1.165) is 4.90 Å². The Kier molecular flexibility index (Phi) is 5.81. The van der Waals surface area contributed by atoms with Crippen LogP contribution in [0.2, 0.25) is 0 Å². The van der Waals surface area contributed by atoms with E-state index in [-0.39, 0.29) is 11.1 Å². The van der Waals surface area contributed by atoms with E-state index in [1.54, 1.807) is 67.6 Å². The number of hydrogen-bond donors (Lipinski definition) is 0. The van der Waals surface area contributed by atoms with Crippen LogP contribution in [0, 0.1) is 6.92 Å². The number of carbonyl (C=O) groups is 4. The molecule has 3 aromatic rings. The lowest BCUT2D eigenvalue weighted by Gasteiger charge is -2.16. The molecular weight excluding hydrogens is 410 g/mol. The Labute approximate surface area is 184 Å². The number of hydrogen-bond acceptors (Lipinski definition) is 6. The van der Waals surface area contributed by atoms with Crippen LogP contribution in [0.3, 0.4) is 0 Å². The molecule has 0 N–H and O–H groups in total. The molecule has 1 heterocycles. The minimum atomic E-state index is -1.61. The number of para-hydroxylation sites is 1. The number of ether oxygens (including phenoxy) is 2. The molecule has 160 valence electrons. The maximum absolute atomic E-state index is 13.2. The number of amides is 2.